The Kier molecular flexibility index (Phi) is 4.82. The molecule has 1 N–H and O–H groups in total. The minimum atomic E-state index is -0.104. The Morgan fingerprint density at radius 3 is 2.85 bits per heavy atom. The smallest absolute Gasteiger partial charge is 0.230 e. The first kappa shape index (κ1) is 17.2. The Morgan fingerprint density at radius 2 is 2.11 bits per heavy atom. The largest absolute Gasteiger partial charge is 0.463 e. The fourth-order valence-corrected chi connectivity index (χ4v) is 3.29. The van der Waals surface area contributed by atoms with Crippen LogP contribution in [0.1, 0.15) is 18.5 Å². The molecule has 1 aliphatic rings. The van der Waals surface area contributed by atoms with Gasteiger partial charge >= 0.3 is 0 Å². The van der Waals surface area contributed by atoms with Gasteiger partial charge in [-0.15, -0.1) is 10.2 Å². The quantitative estimate of drug-likeness (QED) is 0.766. The second-order valence-corrected chi connectivity index (χ2v) is 6.69. The maximum absolute atomic E-state index is 12.6. The number of amides is 1. The van der Waals surface area contributed by atoms with Crippen LogP contribution in [0.5, 0.6) is 0 Å². The molecule has 1 unspecified atom stereocenters. The van der Waals surface area contributed by atoms with Crippen LogP contribution in [0.4, 0.5) is 11.6 Å². The normalized spacial score (nSPS) is 16.9. The number of rotatable bonds is 4. The lowest BCUT2D eigenvalue weighted by Gasteiger charge is -2.32. The van der Waals surface area contributed by atoms with E-state index in [-0.39, 0.29) is 11.8 Å². The van der Waals surface area contributed by atoms with E-state index in [9.17, 15) is 4.79 Å². The van der Waals surface area contributed by atoms with Gasteiger partial charge in [0.25, 0.3) is 0 Å². The fraction of sp³-hybridized carbons (Fsp3) is 0.300. The van der Waals surface area contributed by atoms with Gasteiger partial charge in [0.1, 0.15) is 11.5 Å². The first-order chi connectivity index (χ1) is 13.2. The summed E-state index contributed by atoms with van der Waals surface area (Å²) < 4.78 is 5.34. The SMILES string of the molecule is Cc1cccc(NC(=O)C2CCCN(c3ccc(-c4ccco4)nn3)C2)n1. The zero-order valence-electron chi connectivity index (χ0n) is 15.1. The van der Waals surface area contributed by atoms with Crippen LogP contribution in [0.15, 0.2) is 53.1 Å². The minimum absolute atomic E-state index is 0.00188. The molecule has 0 aliphatic carbocycles. The first-order valence-electron chi connectivity index (χ1n) is 9.06. The summed E-state index contributed by atoms with van der Waals surface area (Å²) in [6.45, 7) is 3.39. The Morgan fingerprint density at radius 1 is 1.19 bits per heavy atom. The van der Waals surface area contributed by atoms with Gasteiger partial charge < -0.3 is 14.6 Å². The molecule has 138 valence electrons. The molecule has 1 fully saturated rings. The van der Waals surface area contributed by atoms with Crippen molar-refractivity contribution in [3.63, 3.8) is 0 Å². The van der Waals surface area contributed by atoms with Gasteiger partial charge in [-0.1, -0.05) is 6.07 Å². The maximum atomic E-state index is 12.6. The molecule has 1 aliphatic heterocycles. The third-order valence-corrected chi connectivity index (χ3v) is 4.68. The van der Waals surface area contributed by atoms with E-state index in [2.05, 4.69) is 25.4 Å². The van der Waals surface area contributed by atoms with E-state index in [0.29, 0.717) is 23.8 Å². The first-order valence-corrected chi connectivity index (χ1v) is 9.06. The summed E-state index contributed by atoms with van der Waals surface area (Å²) in [6, 6.07) is 13.1. The average molecular weight is 363 g/mol. The molecule has 4 rings (SSSR count). The van der Waals surface area contributed by atoms with Crippen molar-refractivity contribution in [3.8, 4) is 11.5 Å². The summed E-state index contributed by atoms with van der Waals surface area (Å²) in [5.41, 5.74) is 1.57. The van der Waals surface area contributed by atoms with Gasteiger partial charge in [-0.2, -0.15) is 0 Å². The van der Waals surface area contributed by atoms with Crippen molar-refractivity contribution in [1.82, 2.24) is 15.2 Å². The predicted octanol–water partition coefficient (Wildman–Crippen LogP) is 3.30. The molecule has 0 radical (unpaired) electrons. The molecule has 4 heterocycles. The van der Waals surface area contributed by atoms with Crippen LogP contribution in [0.2, 0.25) is 0 Å². The number of nitrogens with one attached hydrogen (secondary N) is 1. The van der Waals surface area contributed by atoms with Gasteiger partial charge in [0.05, 0.1) is 12.2 Å². The molecule has 0 spiro atoms. The monoisotopic (exact) mass is 363 g/mol. The van der Waals surface area contributed by atoms with Crippen molar-refractivity contribution in [2.24, 2.45) is 5.92 Å². The van der Waals surface area contributed by atoms with E-state index in [1.807, 2.05) is 49.4 Å². The van der Waals surface area contributed by atoms with Crippen LogP contribution < -0.4 is 10.2 Å². The van der Waals surface area contributed by atoms with E-state index in [0.717, 1.165) is 30.9 Å². The third-order valence-electron chi connectivity index (χ3n) is 4.68. The molecular formula is C20H21N5O2. The van der Waals surface area contributed by atoms with Crippen LogP contribution in [0.3, 0.4) is 0 Å². The number of carbonyl (C=O) groups is 1. The van der Waals surface area contributed by atoms with Crippen LogP contribution in [0, 0.1) is 12.8 Å². The molecule has 7 nitrogen and oxygen atoms in total. The topological polar surface area (TPSA) is 84.2 Å². The Bertz CT molecular complexity index is 908. The van der Waals surface area contributed by atoms with Crippen LogP contribution in [0.25, 0.3) is 11.5 Å². The van der Waals surface area contributed by atoms with Crippen molar-refractivity contribution in [1.29, 1.82) is 0 Å². The summed E-state index contributed by atoms with van der Waals surface area (Å²) in [6.07, 6.45) is 3.40. The Hall–Kier alpha value is -3.22. The van der Waals surface area contributed by atoms with Gasteiger partial charge in [-0.25, -0.2) is 4.98 Å². The van der Waals surface area contributed by atoms with Crippen LogP contribution in [-0.2, 0) is 4.79 Å². The lowest BCUT2D eigenvalue weighted by atomic mass is 9.97. The van der Waals surface area contributed by atoms with Crippen molar-refractivity contribution in [2.45, 2.75) is 19.8 Å². The van der Waals surface area contributed by atoms with Crippen molar-refractivity contribution < 1.29 is 9.21 Å². The van der Waals surface area contributed by atoms with E-state index >= 15 is 0 Å². The van der Waals surface area contributed by atoms with E-state index in [4.69, 9.17) is 4.42 Å². The number of carbonyl (C=O) groups excluding carboxylic acids is 1. The molecule has 0 aromatic carbocycles. The van der Waals surface area contributed by atoms with Gasteiger partial charge in [-0.05, 0) is 56.2 Å². The average Bonchev–Trinajstić information content (AvgIpc) is 3.23. The standard InChI is InChI=1S/C20H21N5O2/c1-14-5-2-8-18(21-14)22-20(26)15-6-3-11-25(13-15)19-10-9-16(23-24-19)17-7-4-12-27-17/h2,4-5,7-10,12,15H,3,6,11,13H2,1H3,(H,21,22,26). The fourth-order valence-electron chi connectivity index (χ4n) is 3.29. The molecule has 3 aromatic rings. The van der Waals surface area contributed by atoms with Crippen LogP contribution in [-0.4, -0.2) is 34.2 Å². The number of nitrogens with zero attached hydrogens (tertiary/aromatic N) is 4. The molecule has 1 saturated heterocycles. The highest BCUT2D eigenvalue weighted by Crippen LogP contribution is 2.24. The van der Waals surface area contributed by atoms with E-state index in [1.165, 1.54) is 0 Å². The zero-order chi connectivity index (χ0) is 18.6. The highest BCUT2D eigenvalue weighted by Gasteiger charge is 2.27. The van der Waals surface area contributed by atoms with Gasteiger partial charge in [0.2, 0.25) is 5.91 Å². The molecule has 0 saturated carbocycles. The maximum Gasteiger partial charge on any atom is 0.230 e. The number of hydrogen-bond acceptors (Lipinski definition) is 6. The zero-order valence-corrected chi connectivity index (χ0v) is 15.1. The number of anilines is 2. The Labute approximate surface area is 157 Å². The molecule has 1 atom stereocenters. The summed E-state index contributed by atoms with van der Waals surface area (Å²) in [7, 11) is 0. The number of piperidine rings is 1. The summed E-state index contributed by atoms with van der Waals surface area (Å²) in [5, 5.41) is 11.5. The second-order valence-electron chi connectivity index (χ2n) is 6.69. The highest BCUT2D eigenvalue weighted by molar-refractivity contribution is 5.92. The molecule has 27 heavy (non-hydrogen) atoms. The number of aromatic nitrogens is 3. The van der Waals surface area contributed by atoms with Gasteiger partial charge in [-0.3, -0.25) is 4.79 Å². The number of pyridine rings is 1. The molecular weight excluding hydrogens is 342 g/mol. The van der Waals surface area contributed by atoms with E-state index in [1.54, 1.807) is 6.26 Å². The number of furan rings is 1. The lowest BCUT2D eigenvalue weighted by Crippen LogP contribution is -2.41. The lowest BCUT2D eigenvalue weighted by molar-refractivity contribution is -0.120. The van der Waals surface area contributed by atoms with Crippen molar-refractivity contribution in [3.05, 3.63) is 54.4 Å². The third kappa shape index (κ3) is 3.97. The summed E-state index contributed by atoms with van der Waals surface area (Å²) in [4.78, 5) is 19.1. The molecule has 7 heteroatoms. The van der Waals surface area contributed by atoms with Crippen LogP contribution >= 0.6 is 0 Å². The van der Waals surface area contributed by atoms with Crippen molar-refractivity contribution in [2.75, 3.05) is 23.3 Å². The summed E-state index contributed by atoms with van der Waals surface area (Å²) >= 11 is 0. The Balaban J connectivity index is 1.42. The second kappa shape index (κ2) is 7.57. The van der Waals surface area contributed by atoms with Gasteiger partial charge in [0, 0.05) is 18.8 Å². The molecule has 3 aromatic heterocycles. The minimum Gasteiger partial charge on any atom is -0.463 e. The number of hydrogen-bond donors (Lipinski definition) is 1. The predicted molar refractivity (Wildman–Crippen MR) is 102 cm³/mol. The summed E-state index contributed by atoms with van der Waals surface area (Å²) in [5.74, 6) is 1.96. The highest BCUT2D eigenvalue weighted by atomic mass is 16.3. The number of aryl methyl sites for hydroxylation is 1. The van der Waals surface area contributed by atoms with E-state index < -0.39 is 0 Å². The van der Waals surface area contributed by atoms with Crippen molar-refractivity contribution >= 4 is 17.5 Å². The van der Waals surface area contributed by atoms with Gasteiger partial charge in [0.15, 0.2) is 11.6 Å². The molecule has 0 bridgehead atoms. The molecule has 1 amide bonds.